The highest BCUT2D eigenvalue weighted by molar-refractivity contribution is 6.33. The second-order valence-corrected chi connectivity index (χ2v) is 3.34. The normalized spacial score (nSPS) is 11.4. The Kier molecular flexibility index (Phi) is 7.08. The summed E-state index contributed by atoms with van der Waals surface area (Å²) < 4.78 is 4.89. The van der Waals surface area contributed by atoms with Crippen LogP contribution in [0.1, 0.15) is 0 Å². The number of carbonyl (C=O) groups is 1. The predicted molar refractivity (Wildman–Crippen MR) is 67.2 cm³/mol. The van der Waals surface area contributed by atoms with Gasteiger partial charge in [0.1, 0.15) is 6.10 Å². The fraction of sp³-hybridized carbons (Fsp3) is 0.300. The van der Waals surface area contributed by atoms with Gasteiger partial charge in [-0.15, -0.1) is 12.4 Å². The van der Waals surface area contributed by atoms with Gasteiger partial charge in [0.2, 0.25) is 0 Å². The number of methoxy groups -OCH3 is 1. The van der Waals surface area contributed by atoms with Gasteiger partial charge in [0.15, 0.2) is 0 Å². The summed E-state index contributed by atoms with van der Waals surface area (Å²) in [6, 6.07) is 6.98. The molecule has 4 nitrogen and oxygen atoms in total. The summed E-state index contributed by atoms with van der Waals surface area (Å²) in [5.74, 6) is -0.298. The zero-order chi connectivity index (χ0) is 11.3. The Balaban J connectivity index is 0.00000225. The summed E-state index contributed by atoms with van der Waals surface area (Å²) in [4.78, 5) is 11.6. The number of halogens is 2. The lowest BCUT2D eigenvalue weighted by Gasteiger charge is -2.13. The van der Waals surface area contributed by atoms with Crippen molar-refractivity contribution in [3.05, 3.63) is 29.3 Å². The topological polar surface area (TPSA) is 64.3 Å². The number of anilines is 1. The largest absolute Gasteiger partial charge is 0.370 e. The Labute approximate surface area is 106 Å². The maximum absolute atomic E-state index is 11.6. The van der Waals surface area contributed by atoms with Gasteiger partial charge in [-0.1, -0.05) is 23.7 Å². The molecule has 90 valence electrons. The summed E-state index contributed by atoms with van der Waals surface area (Å²) >= 11 is 5.87. The molecule has 0 spiro atoms. The van der Waals surface area contributed by atoms with E-state index in [0.29, 0.717) is 10.7 Å². The Morgan fingerprint density at radius 3 is 2.69 bits per heavy atom. The summed E-state index contributed by atoms with van der Waals surface area (Å²) in [7, 11) is 1.43. The van der Waals surface area contributed by atoms with Crippen LogP contribution in [0.5, 0.6) is 0 Å². The highest BCUT2D eigenvalue weighted by Crippen LogP contribution is 2.20. The molecule has 1 atom stereocenters. The molecule has 3 N–H and O–H groups in total. The molecule has 0 aromatic heterocycles. The predicted octanol–water partition coefficient (Wildman–Crippen LogP) is 1.67. The molecule has 6 heteroatoms. The average molecular weight is 265 g/mol. The summed E-state index contributed by atoms with van der Waals surface area (Å²) in [5, 5.41) is 3.12. The average Bonchev–Trinajstić information content (AvgIpc) is 2.23. The molecule has 16 heavy (non-hydrogen) atoms. The zero-order valence-corrected chi connectivity index (χ0v) is 10.3. The van der Waals surface area contributed by atoms with Crippen LogP contribution >= 0.6 is 24.0 Å². The first-order chi connectivity index (χ1) is 7.19. The molecule has 0 fully saturated rings. The van der Waals surface area contributed by atoms with Gasteiger partial charge in [-0.05, 0) is 12.1 Å². The first kappa shape index (κ1) is 15.2. The molecular formula is C10H14Cl2N2O2. The van der Waals surface area contributed by atoms with Gasteiger partial charge in [0.05, 0.1) is 10.7 Å². The molecule has 0 heterocycles. The number of carbonyl (C=O) groups excluding carboxylic acids is 1. The highest BCUT2D eigenvalue weighted by Gasteiger charge is 2.16. The van der Waals surface area contributed by atoms with E-state index in [2.05, 4.69) is 5.32 Å². The van der Waals surface area contributed by atoms with Gasteiger partial charge >= 0.3 is 0 Å². The summed E-state index contributed by atoms with van der Waals surface area (Å²) in [6.07, 6.45) is -0.652. The molecule has 1 unspecified atom stereocenters. The van der Waals surface area contributed by atoms with Crippen LogP contribution in [-0.4, -0.2) is 25.7 Å². The summed E-state index contributed by atoms with van der Waals surface area (Å²) in [5.41, 5.74) is 5.91. The second kappa shape index (κ2) is 7.46. The van der Waals surface area contributed by atoms with Crippen LogP contribution in [0.15, 0.2) is 24.3 Å². The molecule has 0 radical (unpaired) electrons. The van der Waals surface area contributed by atoms with Crippen molar-refractivity contribution in [1.29, 1.82) is 0 Å². The van der Waals surface area contributed by atoms with Gasteiger partial charge in [-0.2, -0.15) is 0 Å². The number of ether oxygens (including phenoxy) is 1. The van der Waals surface area contributed by atoms with Gasteiger partial charge in [-0.3, -0.25) is 4.79 Å². The number of hydrogen-bond acceptors (Lipinski definition) is 3. The molecule has 1 aromatic carbocycles. The maximum Gasteiger partial charge on any atom is 0.254 e. The minimum atomic E-state index is -0.652. The number of hydrogen-bond donors (Lipinski definition) is 2. The van der Waals surface area contributed by atoms with Gasteiger partial charge in [-0.25, -0.2) is 0 Å². The standard InChI is InChI=1S/C10H13ClN2O2.ClH/c1-15-9(6-12)10(14)13-8-5-3-2-4-7(8)11;/h2-5,9H,6,12H2,1H3,(H,13,14);1H. The highest BCUT2D eigenvalue weighted by atomic mass is 35.5. The Hall–Kier alpha value is -0.810. The van der Waals surface area contributed by atoms with Crippen molar-refractivity contribution in [2.24, 2.45) is 5.73 Å². The minimum absolute atomic E-state index is 0. The lowest BCUT2D eigenvalue weighted by Crippen LogP contribution is -2.35. The van der Waals surface area contributed by atoms with Crippen molar-refractivity contribution < 1.29 is 9.53 Å². The van der Waals surface area contributed by atoms with E-state index in [1.807, 2.05) is 0 Å². The van der Waals surface area contributed by atoms with Crippen molar-refractivity contribution in [3.8, 4) is 0 Å². The number of nitrogens with two attached hydrogens (primary N) is 1. The van der Waals surface area contributed by atoms with Gasteiger partial charge in [0.25, 0.3) is 5.91 Å². The Morgan fingerprint density at radius 2 is 2.19 bits per heavy atom. The first-order valence-electron chi connectivity index (χ1n) is 4.47. The molecule has 1 rings (SSSR count). The van der Waals surface area contributed by atoms with Crippen LogP contribution in [0.3, 0.4) is 0 Å². The van der Waals surface area contributed by atoms with E-state index < -0.39 is 6.10 Å². The number of para-hydroxylation sites is 1. The molecule has 0 saturated heterocycles. The van der Waals surface area contributed by atoms with Gasteiger partial charge in [0, 0.05) is 13.7 Å². The quantitative estimate of drug-likeness (QED) is 0.870. The minimum Gasteiger partial charge on any atom is -0.370 e. The van der Waals surface area contributed by atoms with Crippen LogP contribution in [0, 0.1) is 0 Å². The second-order valence-electron chi connectivity index (χ2n) is 2.93. The fourth-order valence-electron chi connectivity index (χ4n) is 1.09. The monoisotopic (exact) mass is 264 g/mol. The van der Waals surface area contributed by atoms with E-state index in [0.717, 1.165) is 0 Å². The molecule has 0 aliphatic carbocycles. The van der Waals surface area contributed by atoms with Crippen molar-refractivity contribution in [2.45, 2.75) is 6.10 Å². The van der Waals surface area contributed by atoms with E-state index >= 15 is 0 Å². The number of benzene rings is 1. The van der Waals surface area contributed by atoms with E-state index in [4.69, 9.17) is 22.1 Å². The van der Waals surface area contributed by atoms with Crippen molar-refractivity contribution in [3.63, 3.8) is 0 Å². The SMILES string of the molecule is COC(CN)C(=O)Nc1ccccc1Cl.Cl. The lowest BCUT2D eigenvalue weighted by molar-refractivity contribution is -0.125. The van der Waals surface area contributed by atoms with Crippen LogP contribution < -0.4 is 11.1 Å². The van der Waals surface area contributed by atoms with E-state index in [1.54, 1.807) is 24.3 Å². The van der Waals surface area contributed by atoms with Crippen molar-refractivity contribution in [2.75, 3.05) is 19.0 Å². The fourth-order valence-corrected chi connectivity index (χ4v) is 1.27. The van der Waals surface area contributed by atoms with Crippen LogP contribution in [-0.2, 0) is 9.53 Å². The molecule has 0 bridgehead atoms. The number of rotatable bonds is 4. The van der Waals surface area contributed by atoms with Crippen LogP contribution in [0.25, 0.3) is 0 Å². The summed E-state index contributed by atoms with van der Waals surface area (Å²) in [6.45, 7) is 0.132. The zero-order valence-electron chi connectivity index (χ0n) is 8.77. The molecule has 1 amide bonds. The van der Waals surface area contributed by atoms with Crippen molar-refractivity contribution in [1.82, 2.24) is 0 Å². The Bertz CT molecular complexity index is 343. The van der Waals surface area contributed by atoms with E-state index in [9.17, 15) is 4.79 Å². The van der Waals surface area contributed by atoms with Crippen molar-refractivity contribution >= 4 is 35.6 Å². The molecule has 1 aromatic rings. The van der Waals surface area contributed by atoms with E-state index in [1.165, 1.54) is 7.11 Å². The maximum atomic E-state index is 11.6. The van der Waals surface area contributed by atoms with Crippen LogP contribution in [0.2, 0.25) is 5.02 Å². The van der Waals surface area contributed by atoms with E-state index in [-0.39, 0.29) is 24.9 Å². The molecule has 0 aliphatic heterocycles. The molecular weight excluding hydrogens is 251 g/mol. The smallest absolute Gasteiger partial charge is 0.254 e. The third-order valence-corrected chi connectivity index (χ3v) is 2.25. The van der Waals surface area contributed by atoms with Crippen LogP contribution in [0.4, 0.5) is 5.69 Å². The van der Waals surface area contributed by atoms with Gasteiger partial charge < -0.3 is 15.8 Å². The number of amides is 1. The Morgan fingerprint density at radius 1 is 1.56 bits per heavy atom. The third kappa shape index (κ3) is 3.98. The molecule has 0 saturated carbocycles. The third-order valence-electron chi connectivity index (χ3n) is 1.92. The molecule has 0 aliphatic rings. The number of nitrogens with one attached hydrogen (secondary N) is 1. The first-order valence-corrected chi connectivity index (χ1v) is 4.85. The lowest BCUT2D eigenvalue weighted by atomic mass is 10.3.